The molecule has 0 spiro atoms. The summed E-state index contributed by atoms with van der Waals surface area (Å²) in [5.41, 5.74) is 3.61. The summed E-state index contributed by atoms with van der Waals surface area (Å²) in [5, 5.41) is 3.47. The molecule has 0 bridgehead atoms. The molecule has 0 fully saturated rings. The molecular formula is C14H16BrNO. The third kappa shape index (κ3) is 2.72. The lowest BCUT2D eigenvalue weighted by atomic mass is 10.1. The molecule has 1 heterocycles. The fourth-order valence-corrected chi connectivity index (χ4v) is 2.71. The van der Waals surface area contributed by atoms with Gasteiger partial charge in [0.1, 0.15) is 5.76 Å². The first kappa shape index (κ1) is 12.2. The SMILES string of the molecule is Cc1cc(C)c(NC(C)c2ccco2)c(Br)c1. The van der Waals surface area contributed by atoms with E-state index in [2.05, 4.69) is 54.2 Å². The molecule has 0 saturated carbocycles. The molecular weight excluding hydrogens is 278 g/mol. The molecule has 0 aliphatic rings. The van der Waals surface area contributed by atoms with Crippen molar-refractivity contribution < 1.29 is 4.42 Å². The summed E-state index contributed by atoms with van der Waals surface area (Å²) in [5.74, 6) is 0.942. The van der Waals surface area contributed by atoms with Gasteiger partial charge in [0.25, 0.3) is 0 Å². The van der Waals surface area contributed by atoms with E-state index in [1.807, 2.05) is 12.1 Å². The maximum absolute atomic E-state index is 5.39. The molecule has 90 valence electrons. The number of aryl methyl sites for hydroxylation is 2. The third-order valence-corrected chi connectivity index (χ3v) is 3.39. The Balaban J connectivity index is 2.25. The van der Waals surface area contributed by atoms with Gasteiger partial charge in [0.2, 0.25) is 0 Å². The summed E-state index contributed by atoms with van der Waals surface area (Å²) in [6, 6.07) is 8.33. The second-order valence-corrected chi connectivity index (χ2v) is 5.17. The normalized spacial score (nSPS) is 12.5. The van der Waals surface area contributed by atoms with E-state index in [9.17, 15) is 0 Å². The Morgan fingerprint density at radius 3 is 2.65 bits per heavy atom. The molecule has 3 heteroatoms. The molecule has 2 aromatic rings. The van der Waals surface area contributed by atoms with E-state index in [1.54, 1.807) is 6.26 Å². The summed E-state index contributed by atoms with van der Waals surface area (Å²) in [4.78, 5) is 0. The predicted molar refractivity (Wildman–Crippen MR) is 74.4 cm³/mol. The maximum Gasteiger partial charge on any atom is 0.125 e. The second-order valence-electron chi connectivity index (χ2n) is 4.32. The molecule has 0 aliphatic carbocycles. The lowest BCUT2D eigenvalue weighted by Crippen LogP contribution is -2.07. The molecule has 1 atom stereocenters. The molecule has 17 heavy (non-hydrogen) atoms. The first-order valence-electron chi connectivity index (χ1n) is 5.64. The zero-order valence-corrected chi connectivity index (χ0v) is 11.8. The minimum atomic E-state index is 0.155. The fraction of sp³-hybridized carbons (Fsp3) is 0.286. The van der Waals surface area contributed by atoms with Crippen LogP contribution in [0.25, 0.3) is 0 Å². The Morgan fingerprint density at radius 2 is 2.06 bits per heavy atom. The van der Waals surface area contributed by atoms with Gasteiger partial charge in [0.15, 0.2) is 0 Å². The van der Waals surface area contributed by atoms with E-state index in [4.69, 9.17) is 4.42 Å². The summed E-state index contributed by atoms with van der Waals surface area (Å²) in [6.45, 7) is 6.29. The fourth-order valence-electron chi connectivity index (χ4n) is 1.92. The van der Waals surface area contributed by atoms with Crippen LogP contribution in [0.15, 0.2) is 39.4 Å². The van der Waals surface area contributed by atoms with Gasteiger partial charge in [0, 0.05) is 4.47 Å². The van der Waals surface area contributed by atoms with Crippen molar-refractivity contribution in [3.63, 3.8) is 0 Å². The van der Waals surface area contributed by atoms with Gasteiger partial charge >= 0.3 is 0 Å². The van der Waals surface area contributed by atoms with E-state index < -0.39 is 0 Å². The average molecular weight is 294 g/mol. The molecule has 1 aromatic carbocycles. The number of benzene rings is 1. The highest BCUT2D eigenvalue weighted by Gasteiger charge is 2.11. The summed E-state index contributed by atoms with van der Waals surface area (Å²) >= 11 is 3.60. The first-order chi connectivity index (χ1) is 8.08. The van der Waals surface area contributed by atoms with Gasteiger partial charge in [0.05, 0.1) is 18.0 Å². The van der Waals surface area contributed by atoms with Crippen LogP contribution in [-0.4, -0.2) is 0 Å². The molecule has 0 radical (unpaired) electrons. The van der Waals surface area contributed by atoms with Gasteiger partial charge in [-0.05, 0) is 66.0 Å². The predicted octanol–water partition coefficient (Wildman–Crippen LogP) is 4.83. The van der Waals surface area contributed by atoms with Crippen molar-refractivity contribution in [2.75, 3.05) is 5.32 Å². The number of rotatable bonds is 3. The molecule has 1 aromatic heterocycles. The topological polar surface area (TPSA) is 25.2 Å². The largest absolute Gasteiger partial charge is 0.467 e. The van der Waals surface area contributed by atoms with Crippen LogP contribution in [0.3, 0.4) is 0 Å². The van der Waals surface area contributed by atoms with Crippen molar-refractivity contribution in [1.82, 2.24) is 0 Å². The Bertz CT molecular complexity index is 482. The number of hydrogen-bond acceptors (Lipinski definition) is 2. The van der Waals surface area contributed by atoms with Crippen LogP contribution in [0.5, 0.6) is 0 Å². The molecule has 1 unspecified atom stereocenters. The van der Waals surface area contributed by atoms with E-state index in [0.29, 0.717) is 0 Å². The number of nitrogens with one attached hydrogen (secondary N) is 1. The standard InChI is InChI=1S/C14H16BrNO/c1-9-7-10(2)14(12(15)8-9)16-11(3)13-5-4-6-17-13/h4-8,11,16H,1-3H3. The van der Waals surface area contributed by atoms with E-state index in [1.165, 1.54) is 11.1 Å². The summed E-state index contributed by atoms with van der Waals surface area (Å²) < 4.78 is 6.48. The van der Waals surface area contributed by atoms with E-state index in [-0.39, 0.29) is 6.04 Å². The number of anilines is 1. The highest BCUT2D eigenvalue weighted by molar-refractivity contribution is 9.10. The monoisotopic (exact) mass is 293 g/mol. The van der Waals surface area contributed by atoms with Crippen LogP contribution in [0.2, 0.25) is 0 Å². The van der Waals surface area contributed by atoms with Gasteiger partial charge < -0.3 is 9.73 Å². The Kier molecular flexibility index (Phi) is 3.57. The van der Waals surface area contributed by atoms with Gasteiger partial charge in [-0.15, -0.1) is 0 Å². The summed E-state index contributed by atoms with van der Waals surface area (Å²) in [7, 11) is 0. The molecule has 0 amide bonds. The van der Waals surface area contributed by atoms with Gasteiger partial charge in [-0.3, -0.25) is 0 Å². The van der Waals surface area contributed by atoms with Crippen LogP contribution in [-0.2, 0) is 0 Å². The van der Waals surface area contributed by atoms with Gasteiger partial charge in [-0.2, -0.15) is 0 Å². The molecule has 2 nitrogen and oxygen atoms in total. The van der Waals surface area contributed by atoms with Crippen molar-refractivity contribution in [3.05, 3.63) is 51.9 Å². The van der Waals surface area contributed by atoms with Crippen molar-refractivity contribution in [2.24, 2.45) is 0 Å². The second kappa shape index (κ2) is 4.96. The molecule has 2 rings (SSSR count). The molecule has 0 saturated heterocycles. The number of furan rings is 1. The zero-order chi connectivity index (χ0) is 12.4. The van der Waals surface area contributed by atoms with Crippen molar-refractivity contribution >= 4 is 21.6 Å². The van der Waals surface area contributed by atoms with Crippen molar-refractivity contribution in [3.8, 4) is 0 Å². The van der Waals surface area contributed by atoms with E-state index >= 15 is 0 Å². The van der Waals surface area contributed by atoms with Crippen molar-refractivity contribution in [1.29, 1.82) is 0 Å². The number of hydrogen-bond donors (Lipinski definition) is 1. The third-order valence-electron chi connectivity index (χ3n) is 2.76. The lowest BCUT2D eigenvalue weighted by Gasteiger charge is -2.17. The smallest absolute Gasteiger partial charge is 0.125 e. The highest BCUT2D eigenvalue weighted by Crippen LogP contribution is 2.31. The average Bonchev–Trinajstić information content (AvgIpc) is 2.76. The number of halogens is 1. The Morgan fingerprint density at radius 1 is 1.29 bits per heavy atom. The van der Waals surface area contributed by atoms with Crippen LogP contribution in [0, 0.1) is 13.8 Å². The minimum Gasteiger partial charge on any atom is -0.467 e. The zero-order valence-electron chi connectivity index (χ0n) is 10.3. The molecule has 0 aliphatic heterocycles. The van der Waals surface area contributed by atoms with Gasteiger partial charge in [-0.25, -0.2) is 0 Å². The van der Waals surface area contributed by atoms with Crippen LogP contribution >= 0.6 is 15.9 Å². The first-order valence-corrected chi connectivity index (χ1v) is 6.44. The quantitative estimate of drug-likeness (QED) is 0.877. The molecule has 1 N–H and O–H groups in total. The maximum atomic E-state index is 5.39. The highest BCUT2D eigenvalue weighted by atomic mass is 79.9. The minimum absolute atomic E-state index is 0.155. The van der Waals surface area contributed by atoms with E-state index in [0.717, 1.165) is 15.9 Å². The van der Waals surface area contributed by atoms with Crippen LogP contribution < -0.4 is 5.32 Å². The Labute approximate surface area is 110 Å². The van der Waals surface area contributed by atoms with Gasteiger partial charge in [-0.1, -0.05) is 6.07 Å². The summed E-state index contributed by atoms with van der Waals surface area (Å²) in [6.07, 6.45) is 1.70. The van der Waals surface area contributed by atoms with Crippen molar-refractivity contribution in [2.45, 2.75) is 26.8 Å². The van der Waals surface area contributed by atoms with Crippen LogP contribution in [0.1, 0.15) is 29.9 Å². The van der Waals surface area contributed by atoms with Crippen LogP contribution in [0.4, 0.5) is 5.69 Å². The Hall–Kier alpha value is -1.22. The lowest BCUT2D eigenvalue weighted by molar-refractivity contribution is 0.490.